The van der Waals surface area contributed by atoms with E-state index in [-0.39, 0.29) is 11.1 Å². The Hall–Kier alpha value is -1.95. The largest absolute Gasteiger partial charge is 0.478 e. The number of thioether (sulfide) groups is 1. The molecular formula is C15H13F3O2S. The minimum Gasteiger partial charge on any atom is -0.478 e. The van der Waals surface area contributed by atoms with Gasteiger partial charge in [0.25, 0.3) is 0 Å². The van der Waals surface area contributed by atoms with E-state index in [0.29, 0.717) is 4.90 Å². The summed E-state index contributed by atoms with van der Waals surface area (Å²) in [5.74, 6) is -4.00. The number of carbonyl (C=O) groups is 1. The fraction of sp³-hybridized carbons (Fsp3) is 0.133. The zero-order valence-corrected chi connectivity index (χ0v) is 12.2. The van der Waals surface area contributed by atoms with Gasteiger partial charge in [-0.15, -0.1) is 11.8 Å². The molecule has 1 aromatic rings. The first-order valence-electron chi connectivity index (χ1n) is 5.78. The molecule has 0 aliphatic rings. The van der Waals surface area contributed by atoms with Crippen LogP contribution in [0.25, 0.3) is 5.57 Å². The predicted octanol–water partition coefficient (Wildman–Crippen LogP) is 4.58. The minimum atomic E-state index is -1.31. The molecule has 0 aromatic heterocycles. The van der Waals surface area contributed by atoms with E-state index in [1.54, 1.807) is 6.26 Å². The van der Waals surface area contributed by atoms with Crippen molar-refractivity contribution < 1.29 is 23.1 Å². The summed E-state index contributed by atoms with van der Waals surface area (Å²) in [6.07, 6.45) is 3.40. The summed E-state index contributed by atoms with van der Waals surface area (Å²) in [5, 5.41) is 8.58. The van der Waals surface area contributed by atoms with Gasteiger partial charge in [-0.1, -0.05) is 6.58 Å². The highest BCUT2D eigenvalue weighted by atomic mass is 32.2. The highest BCUT2D eigenvalue weighted by Crippen LogP contribution is 2.29. The second-order valence-electron chi connectivity index (χ2n) is 4.10. The van der Waals surface area contributed by atoms with Crippen LogP contribution in [-0.4, -0.2) is 17.3 Å². The van der Waals surface area contributed by atoms with Crippen LogP contribution in [0.15, 0.2) is 47.2 Å². The van der Waals surface area contributed by atoms with Gasteiger partial charge in [-0.05, 0) is 43.0 Å². The van der Waals surface area contributed by atoms with Crippen LogP contribution in [0, 0.1) is 11.6 Å². The molecule has 1 N–H and O–H groups in total. The predicted molar refractivity (Wildman–Crippen MR) is 77.8 cm³/mol. The van der Waals surface area contributed by atoms with Gasteiger partial charge in [-0.2, -0.15) is 0 Å². The van der Waals surface area contributed by atoms with Crippen molar-refractivity contribution in [2.24, 2.45) is 0 Å². The summed E-state index contributed by atoms with van der Waals surface area (Å²) < 4.78 is 41.6. The van der Waals surface area contributed by atoms with Crippen LogP contribution in [0.1, 0.15) is 12.5 Å². The Morgan fingerprint density at radius 1 is 1.29 bits per heavy atom. The van der Waals surface area contributed by atoms with Gasteiger partial charge in [-0.25, -0.2) is 18.0 Å². The Morgan fingerprint density at radius 2 is 1.81 bits per heavy atom. The molecule has 0 heterocycles. The first-order valence-corrected chi connectivity index (χ1v) is 7.00. The number of benzene rings is 1. The third kappa shape index (κ3) is 4.26. The van der Waals surface area contributed by atoms with Crippen LogP contribution in [0.4, 0.5) is 13.2 Å². The maximum atomic E-state index is 13.9. The van der Waals surface area contributed by atoms with Crippen molar-refractivity contribution in [3.8, 4) is 0 Å². The third-order valence-corrected chi connectivity index (χ3v) is 3.40. The average molecular weight is 314 g/mol. The Balaban J connectivity index is 3.23. The lowest BCUT2D eigenvalue weighted by Crippen LogP contribution is -1.96. The van der Waals surface area contributed by atoms with Gasteiger partial charge >= 0.3 is 5.97 Å². The highest BCUT2D eigenvalue weighted by molar-refractivity contribution is 7.98. The number of hydrogen-bond acceptors (Lipinski definition) is 2. The molecule has 0 bridgehead atoms. The number of aliphatic carboxylic acids is 1. The van der Waals surface area contributed by atoms with Gasteiger partial charge in [0.2, 0.25) is 0 Å². The molecule has 0 spiro atoms. The number of rotatable bonds is 5. The molecule has 0 aliphatic carbocycles. The maximum Gasteiger partial charge on any atom is 0.335 e. The van der Waals surface area contributed by atoms with Crippen molar-refractivity contribution >= 4 is 23.3 Å². The minimum absolute atomic E-state index is 0.257. The monoisotopic (exact) mass is 314 g/mol. The van der Waals surface area contributed by atoms with Crippen molar-refractivity contribution in [3.05, 3.63) is 59.5 Å². The van der Waals surface area contributed by atoms with E-state index in [9.17, 15) is 18.0 Å². The van der Waals surface area contributed by atoms with E-state index in [4.69, 9.17) is 5.11 Å². The fourth-order valence-corrected chi connectivity index (χ4v) is 1.96. The van der Waals surface area contributed by atoms with Crippen LogP contribution in [0.2, 0.25) is 0 Å². The van der Waals surface area contributed by atoms with Gasteiger partial charge in [0, 0.05) is 4.90 Å². The lowest BCUT2D eigenvalue weighted by Gasteiger charge is -2.08. The van der Waals surface area contributed by atoms with E-state index in [2.05, 4.69) is 6.58 Å². The second-order valence-corrected chi connectivity index (χ2v) is 4.98. The van der Waals surface area contributed by atoms with E-state index >= 15 is 0 Å². The normalized spacial score (nSPS) is 12.4. The summed E-state index contributed by atoms with van der Waals surface area (Å²) in [4.78, 5) is 10.9. The van der Waals surface area contributed by atoms with Crippen LogP contribution in [0.3, 0.4) is 0 Å². The number of hydrogen-bond donors (Lipinski definition) is 1. The number of allylic oxidation sites excluding steroid dienone is 3. The fourth-order valence-electron chi connectivity index (χ4n) is 1.52. The van der Waals surface area contributed by atoms with E-state index in [1.165, 1.54) is 6.92 Å². The quantitative estimate of drug-likeness (QED) is 0.491. The highest BCUT2D eigenvalue weighted by Gasteiger charge is 2.15. The summed E-state index contributed by atoms with van der Waals surface area (Å²) in [5.41, 5.74) is -1.07. The summed E-state index contributed by atoms with van der Waals surface area (Å²) in [6, 6.07) is 2.22. The van der Waals surface area contributed by atoms with Crippen molar-refractivity contribution in [2.45, 2.75) is 11.8 Å². The zero-order chi connectivity index (χ0) is 16.2. The van der Waals surface area contributed by atoms with Crippen molar-refractivity contribution in [2.75, 3.05) is 6.26 Å². The molecule has 1 aromatic carbocycles. The third-order valence-electron chi connectivity index (χ3n) is 2.69. The SMILES string of the molecule is C=C(/C=C\C(F)=C(/C)c1c(F)cc(SC)cc1F)C(=O)O. The Labute approximate surface area is 124 Å². The molecule has 1 rings (SSSR count). The van der Waals surface area contributed by atoms with Crippen LogP contribution >= 0.6 is 11.8 Å². The van der Waals surface area contributed by atoms with Gasteiger partial charge < -0.3 is 5.11 Å². The number of carboxylic acid groups (broad SMARTS) is 1. The standard InChI is InChI=1S/C15H13F3O2S/c1-8(15(19)20)4-5-11(16)9(2)14-12(17)6-10(21-3)7-13(14)18/h4-7H,1H2,2-3H3,(H,19,20)/b5-4-,11-9-. The van der Waals surface area contributed by atoms with Crippen molar-refractivity contribution in [1.29, 1.82) is 0 Å². The van der Waals surface area contributed by atoms with Gasteiger partial charge in [0.1, 0.15) is 17.5 Å². The van der Waals surface area contributed by atoms with Crippen molar-refractivity contribution in [3.63, 3.8) is 0 Å². The zero-order valence-electron chi connectivity index (χ0n) is 11.4. The lowest BCUT2D eigenvalue weighted by molar-refractivity contribution is -0.132. The molecule has 0 saturated carbocycles. The van der Waals surface area contributed by atoms with Crippen LogP contribution in [0.5, 0.6) is 0 Å². The van der Waals surface area contributed by atoms with Crippen molar-refractivity contribution in [1.82, 2.24) is 0 Å². The van der Waals surface area contributed by atoms with Gasteiger partial charge in [0.05, 0.1) is 11.1 Å². The summed E-state index contributed by atoms with van der Waals surface area (Å²) in [6.45, 7) is 4.40. The maximum absolute atomic E-state index is 13.9. The first-order chi connectivity index (χ1) is 9.77. The molecule has 21 heavy (non-hydrogen) atoms. The van der Waals surface area contributed by atoms with Gasteiger partial charge in [-0.3, -0.25) is 0 Å². The Kier molecular flexibility index (Phi) is 5.84. The Morgan fingerprint density at radius 3 is 2.24 bits per heavy atom. The van der Waals surface area contributed by atoms with E-state index in [1.807, 2.05) is 0 Å². The molecule has 0 radical (unpaired) electrons. The first kappa shape index (κ1) is 17.1. The number of halogens is 3. The van der Waals surface area contributed by atoms with E-state index in [0.717, 1.165) is 36.0 Å². The molecular weight excluding hydrogens is 301 g/mol. The average Bonchev–Trinajstić information content (AvgIpc) is 2.42. The van der Waals surface area contributed by atoms with Crippen LogP contribution in [-0.2, 0) is 4.79 Å². The molecule has 2 nitrogen and oxygen atoms in total. The molecule has 112 valence electrons. The smallest absolute Gasteiger partial charge is 0.335 e. The molecule has 0 unspecified atom stereocenters. The van der Waals surface area contributed by atoms with Crippen LogP contribution < -0.4 is 0 Å². The topological polar surface area (TPSA) is 37.3 Å². The molecule has 0 saturated heterocycles. The molecule has 6 heteroatoms. The molecule has 0 aliphatic heterocycles. The summed E-state index contributed by atoms with van der Waals surface area (Å²) in [7, 11) is 0. The Bertz CT molecular complexity index is 625. The van der Waals surface area contributed by atoms with E-state index < -0.39 is 29.0 Å². The van der Waals surface area contributed by atoms with Gasteiger partial charge in [0.15, 0.2) is 0 Å². The molecule has 0 fully saturated rings. The lowest BCUT2D eigenvalue weighted by atomic mass is 10.0. The number of carboxylic acids is 1. The molecule has 0 amide bonds. The summed E-state index contributed by atoms with van der Waals surface area (Å²) >= 11 is 1.16. The second kappa shape index (κ2) is 7.17. The molecule has 0 atom stereocenters.